The van der Waals surface area contributed by atoms with Gasteiger partial charge in [-0.05, 0) is 50.2 Å². The van der Waals surface area contributed by atoms with Crippen LogP contribution in [-0.4, -0.2) is 20.0 Å². The van der Waals surface area contributed by atoms with Crippen LogP contribution in [0, 0.1) is 13.8 Å². The zero-order valence-corrected chi connectivity index (χ0v) is 14.9. The zero-order valence-electron chi connectivity index (χ0n) is 14.9. The van der Waals surface area contributed by atoms with Crippen molar-refractivity contribution >= 4 is 0 Å². The number of benzene rings is 2. The predicted molar refractivity (Wildman–Crippen MR) is 94.0 cm³/mol. The van der Waals surface area contributed by atoms with E-state index in [1.807, 2.05) is 19.1 Å². The highest BCUT2D eigenvalue weighted by molar-refractivity contribution is 5.37. The second kappa shape index (κ2) is 8.03. The summed E-state index contributed by atoms with van der Waals surface area (Å²) in [5.74, 6) is 0.705. The lowest BCUT2D eigenvalue weighted by Crippen LogP contribution is -2.08. The molecular formula is C19H19F3N2O3. The fourth-order valence-electron chi connectivity index (χ4n) is 2.20. The molecular weight excluding hydrogens is 361 g/mol. The molecule has 0 amide bonds. The number of rotatable bonds is 2. The maximum Gasteiger partial charge on any atom is 0.435 e. The van der Waals surface area contributed by atoms with Crippen molar-refractivity contribution in [2.24, 2.45) is 7.05 Å². The molecule has 0 spiro atoms. The summed E-state index contributed by atoms with van der Waals surface area (Å²) in [5, 5.41) is 21.3. The molecule has 0 fully saturated rings. The molecule has 0 bridgehead atoms. The van der Waals surface area contributed by atoms with Crippen LogP contribution in [0.2, 0.25) is 0 Å². The number of hydrogen-bond donors (Lipinski definition) is 2. The second-order valence-corrected chi connectivity index (χ2v) is 5.83. The van der Waals surface area contributed by atoms with Gasteiger partial charge in [0.2, 0.25) is 5.88 Å². The minimum absolute atomic E-state index is 0.0121. The van der Waals surface area contributed by atoms with Gasteiger partial charge in [-0.15, -0.1) is 0 Å². The largest absolute Gasteiger partial charge is 0.508 e. The molecule has 5 nitrogen and oxygen atoms in total. The Kier molecular flexibility index (Phi) is 5.99. The van der Waals surface area contributed by atoms with Gasteiger partial charge in [-0.3, -0.25) is 0 Å². The van der Waals surface area contributed by atoms with Gasteiger partial charge in [0.1, 0.15) is 17.2 Å². The third-order valence-electron chi connectivity index (χ3n) is 3.57. The highest BCUT2D eigenvalue weighted by Gasteiger charge is 2.38. The topological polar surface area (TPSA) is 67.5 Å². The number of aromatic nitrogens is 2. The fraction of sp³-hybridized carbons (Fsp3) is 0.211. The lowest BCUT2D eigenvalue weighted by atomic mass is 10.2. The standard InChI is InChI=1S/C12H11F3N2O2.C7H8O/c1-7-10(12(13,14)15)16-17(2)11(7)19-9-5-3-8(18)4-6-9;1-6-2-4-7(8)5-3-6/h3-6,18H,1-2H3;2-5,8H,1H3. The smallest absolute Gasteiger partial charge is 0.435 e. The average Bonchev–Trinajstić information content (AvgIpc) is 2.88. The Labute approximate surface area is 154 Å². The number of ether oxygens (including phenoxy) is 1. The lowest BCUT2D eigenvalue weighted by molar-refractivity contribution is -0.141. The minimum Gasteiger partial charge on any atom is -0.508 e. The molecule has 0 saturated carbocycles. The van der Waals surface area contributed by atoms with Crippen molar-refractivity contribution in [2.75, 3.05) is 0 Å². The number of phenols is 2. The van der Waals surface area contributed by atoms with Crippen molar-refractivity contribution < 1.29 is 28.1 Å². The molecule has 1 heterocycles. The number of alkyl halides is 3. The first-order valence-corrected chi connectivity index (χ1v) is 7.91. The fourth-order valence-corrected chi connectivity index (χ4v) is 2.20. The number of phenolic OH excluding ortho intramolecular Hbond substituents is 2. The van der Waals surface area contributed by atoms with E-state index in [9.17, 15) is 13.2 Å². The SMILES string of the molecule is Cc1c(C(F)(F)F)nn(C)c1Oc1ccc(O)cc1.Cc1ccc(O)cc1. The van der Waals surface area contributed by atoms with Crippen molar-refractivity contribution in [1.29, 1.82) is 0 Å². The van der Waals surface area contributed by atoms with E-state index in [4.69, 9.17) is 14.9 Å². The average molecular weight is 380 g/mol. The minimum atomic E-state index is -4.52. The van der Waals surface area contributed by atoms with E-state index in [-0.39, 0.29) is 17.2 Å². The lowest BCUT2D eigenvalue weighted by Gasteiger charge is -2.07. The van der Waals surface area contributed by atoms with Crippen LogP contribution >= 0.6 is 0 Å². The highest BCUT2D eigenvalue weighted by Crippen LogP contribution is 2.36. The predicted octanol–water partition coefficient (Wildman–Crippen LogP) is 4.95. The Balaban J connectivity index is 0.000000273. The Morgan fingerprint density at radius 2 is 1.37 bits per heavy atom. The summed E-state index contributed by atoms with van der Waals surface area (Å²) in [6, 6.07) is 12.8. The molecule has 0 saturated heterocycles. The van der Waals surface area contributed by atoms with E-state index in [0.717, 1.165) is 4.68 Å². The first-order chi connectivity index (χ1) is 12.6. The summed E-state index contributed by atoms with van der Waals surface area (Å²) in [6.45, 7) is 3.28. The van der Waals surface area contributed by atoms with Gasteiger partial charge >= 0.3 is 6.18 Å². The molecule has 2 N–H and O–H groups in total. The molecule has 0 aliphatic heterocycles. The monoisotopic (exact) mass is 380 g/mol. The summed E-state index contributed by atoms with van der Waals surface area (Å²) in [5.41, 5.74) is 0.120. The van der Waals surface area contributed by atoms with Crippen LogP contribution in [0.25, 0.3) is 0 Å². The van der Waals surface area contributed by atoms with Crippen molar-refractivity contribution in [3.05, 3.63) is 65.4 Å². The quantitative estimate of drug-likeness (QED) is 0.660. The Hall–Kier alpha value is -3.16. The van der Waals surface area contributed by atoms with Crippen molar-refractivity contribution in [2.45, 2.75) is 20.0 Å². The summed E-state index contributed by atoms with van der Waals surface area (Å²) >= 11 is 0. The summed E-state index contributed by atoms with van der Waals surface area (Å²) in [4.78, 5) is 0. The third-order valence-corrected chi connectivity index (χ3v) is 3.57. The van der Waals surface area contributed by atoms with E-state index < -0.39 is 11.9 Å². The van der Waals surface area contributed by atoms with Gasteiger partial charge in [-0.25, -0.2) is 4.68 Å². The third kappa shape index (κ3) is 5.40. The molecule has 8 heteroatoms. The first-order valence-electron chi connectivity index (χ1n) is 7.91. The molecule has 0 radical (unpaired) electrons. The van der Waals surface area contributed by atoms with E-state index in [0.29, 0.717) is 11.5 Å². The Bertz CT molecular complexity index is 865. The van der Waals surface area contributed by atoms with E-state index in [2.05, 4.69) is 5.10 Å². The molecule has 27 heavy (non-hydrogen) atoms. The number of aromatic hydroxyl groups is 2. The van der Waals surface area contributed by atoms with E-state index >= 15 is 0 Å². The van der Waals surface area contributed by atoms with Gasteiger partial charge in [-0.2, -0.15) is 18.3 Å². The Morgan fingerprint density at radius 3 is 1.78 bits per heavy atom. The molecule has 144 valence electrons. The number of hydrogen-bond acceptors (Lipinski definition) is 4. The maximum absolute atomic E-state index is 12.7. The van der Waals surface area contributed by atoms with Crippen molar-refractivity contribution in [3.8, 4) is 23.1 Å². The van der Waals surface area contributed by atoms with Gasteiger partial charge in [0.15, 0.2) is 5.69 Å². The van der Waals surface area contributed by atoms with Crippen LogP contribution in [0.1, 0.15) is 16.8 Å². The van der Waals surface area contributed by atoms with E-state index in [1.165, 1.54) is 43.8 Å². The van der Waals surface area contributed by atoms with E-state index in [1.54, 1.807) is 12.1 Å². The molecule has 0 unspecified atom stereocenters. The van der Waals surface area contributed by atoms with Crippen molar-refractivity contribution in [3.63, 3.8) is 0 Å². The summed E-state index contributed by atoms with van der Waals surface area (Å²) < 4.78 is 44.4. The molecule has 3 rings (SSSR count). The van der Waals surface area contributed by atoms with Crippen LogP contribution in [0.5, 0.6) is 23.1 Å². The summed E-state index contributed by atoms with van der Waals surface area (Å²) in [7, 11) is 1.37. The zero-order chi connectivity index (χ0) is 20.2. The summed E-state index contributed by atoms with van der Waals surface area (Å²) in [6.07, 6.45) is -4.52. The van der Waals surface area contributed by atoms with Crippen LogP contribution in [-0.2, 0) is 13.2 Å². The van der Waals surface area contributed by atoms with Gasteiger partial charge < -0.3 is 14.9 Å². The molecule has 0 aliphatic rings. The first kappa shape index (κ1) is 20.2. The highest BCUT2D eigenvalue weighted by atomic mass is 19.4. The number of aryl methyl sites for hydroxylation is 2. The maximum atomic E-state index is 12.7. The number of halogens is 3. The molecule has 0 aliphatic carbocycles. The van der Waals surface area contributed by atoms with Gasteiger partial charge in [-0.1, -0.05) is 17.7 Å². The molecule has 3 aromatic rings. The van der Waals surface area contributed by atoms with Gasteiger partial charge in [0.25, 0.3) is 0 Å². The van der Waals surface area contributed by atoms with Crippen LogP contribution in [0.4, 0.5) is 13.2 Å². The van der Waals surface area contributed by atoms with Crippen LogP contribution in [0.15, 0.2) is 48.5 Å². The van der Waals surface area contributed by atoms with Gasteiger partial charge in [0.05, 0.1) is 0 Å². The van der Waals surface area contributed by atoms with Crippen LogP contribution in [0.3, 0.4) is 0 Å². The normalized spacial score (nSPS) is 10.9. The number of nitrogens with zero attached hydrogens (tertiary/aromatic N) is 2. The van der Waals surface area contributed by atoms with Crippen LogP contribution < -0.4 is 4.74 Å². The second-order valence-electron chi connectivity index (χ2n) is 5.83. The molecule has 2 aromatic carbocycles. The van der Waals surface area contributed by atoms with Gasteiger partial charge in [0, 0.05) is 12.6 Å². The Morgan fingerprint density at radius 1 is 0.889 bits per heavy atom. The molecule has 1 aromatic heterocycles. The molecule has 0 atom stereocenters. The van der Waals surface area contributed by atoms with Crippen molar-refractivity contribution in [1.82, 2.24) is 9.78 Å².